The predicted octanol–water partition coefficient (Wildman–Crippen LogP) is 4.19. The Labute approximate surface area is 168 Å². The molecule has 6 heteroatoms. The standard InChI is InChI=1S/C23H24N4O2/c1-14(2)15-5-6-17-16(11-24-19(17)10-15)12-27-8-7-18-20(13-27)25-22(26-23(18)28)21-4-3-9-29-21/h3-6,9-11,14,24H,7-8,12-13H2,1-2H3,(H,25,26,28). The van der Waals surface area contributed by atoms with Crippen molar-refractivity contribution in [1.29, 1.82) is 0 Å². The van der Waals surface area contributed by atoms with Crippen LogP contribution in [0.5, 0.6) is 0 Å². The number of nitrogens with zero attached hydrogens (tertiary/aromatic N) is 2. The minimum absolute atomic E-state index is 0.0608. The minimum atomic E-state index is -0.0608. The number of furan rings is 1. The summed E-state index contributed by atoms with van der Waals surface area (Å²) in [5, 5.41) is 1.26. The molecule has 148 valence electrons. The first-order chi connectivity index (χ1) is 14.1. The zero-order valence-electron chi connectivity index (χ0n) is 16.7. The third-order valence-electron chi connectivity index (χ3n) is 5.76. The summed E-state index contributed by atoms with van der Waals surface area (Å²) < 4.78 is 5.40. The van der Waals surface area contributed by atoms with Crippen LogP contribution in [0.2, 0.25) is 0 Å². The molecule has 3 aromatic heterocycles. The van der Waals surface area contributed by atoms with Gasteiger partial charge in [-0.2, -0.15) is 0 Å². The molecule has 1 aromatic carbocycles. The maximum absolute atomic E-state index is 12.5. The summed E-state index contributed by atoms with van der Waals surface area (Å²) in [6.07, 6.45) is 4.39. The zero-order valence-corrected chi connectivity index (χ0v) is 16.7. The molecule has 1 aliphatic heterocycles. The van der Waals surface area contributed by atoms with Crippen LogP contribution in [0.3, 0.4) is 0 Å². The summed E-state index contributed by atoms with van der Waals surface area (Å²) >= 11 is 0. The van der Waals surface area contributed by atoms with E-state index in [9.17, 15) is 4.79 Å². The van der Waals surface area contributed by atoms with Crippen LogP contribution < -0.4 is 5.56 Å². The van der Waals surface area contributed by atoms with Gasteiger partial charge >= 0.3 is 0 Å². The lowest BCUT2D eigenvalue weighted by atomic mass is 10.0. The van der Waals surface area contributed by atoms with Gasteiger partial charge in [0.25, 0.3) is 5.56 Å². The third kappa shape index (κ3) is 3.29. The van der Waals surface area contributed by atoms with Crippen molar-refractivity contribution in [3.63, 3.8) is 0 Å². The molecule has 0 aliphatic carbocycles. The Bertz CT molecular complexity index is 1220. The van der Waals surface area contributed by atoms with Gasteiger partial charge in [0.2, 0.25) is 0 Å². The molecule has 0 atom stereocenters. The molecule has 2 N–H and O–H groups in total. The number of hydrogen-bond donors (Lipinski definition) is 2. The molecule has 0 bridgehead atoms. The number of hydrogen-bond acceptors (Lipinski definition) is 4. The van der Waals surface area contributed by atoms with Crippen molar-refractivity contribution >= 4 is 10.9 Å². The molecule has 0 saturated carbocycles. The number of aromatic amines is 2. The van der Waals surface area contributed by atoms with Crippen molar-refractivity contribution in [2.24, 2.45) is 0 Å². The van der Waals surface area contributed by atoms with Gasteiger partial charge in [-0.25, -0.2) is 4.98 Å². The fourth-order valence-corrected chi connectivity index (χ4v) is 4.09. The van der Waals surface area contributed by atoms with Crippen LogP contribution in [0, 0.1) is 0 Å². The Morgan fingerprint density at radius 2 is 2.17 bits per heavy atom. The number of benzene rings is 1. The maximum Gasteiger partial charge on any atom is 0.254 e. The Kier molecular flexibility index (Phi) is 4.36. The smallest absolute Gasteiger partial charge is 0.254 e. The summed E-state index contributed by atoms with van der Waals surface area (Å²) in [6.45, 7) is 6.74. The minimum Gasteiger partial charge on any atom is -0.461 e. The van der Waals surface area contributed by atoms with Crippen molar-refractivity contribution in [2.45, 2.75) is 39.3 Å². The Balaban J connectivity index is 1.41. The second-order valence-corrected chi connectivity index (χ2v) is 8.05. The van der Waals surface area contributed by atoms with E-state index in [4.69, 9.17) is 9.40 Å². The molecule has 6 nitrogen and oxygen atoms in total. The SMILES string of the molecule is CC(C)c1ccc2c(CN3CCc4c(nc(-c5ccco5)[nH]c4=O)C3)c[nH]c2c1. The van der Waals surface area contributed by atoms with Crippen LogP contribution >= 0.6 is 0 Å². The fraction of sp³-hybridized carbons (Fsp3) is 0.304. The van der Waals surface area contributed by atoms with Gasteiger partial charge in [-0.05, 0) is 41.7 Å². The van der Waals surface area contributed by atoms with Crippen LogP contribution in [0.25, 0.3) is 22.5 Å². The van der Waals surface area contributed by atoms with Crippen LogP contribution in [0.4, 0.5) is 0 Å². The number of H-pyrrole nitrogens is 2. The molecular formula is C23H24N4O2. The van der Waals surface area contributed by atoms with E-state index in [1.54, 1.807) is 12.3 Å². The van der Waals surface area contributed by atoms with E-state index in [0.29, 0.717) is 30.5 Å². The number of rotatable bonds is 4. The number of fused-ring (bicyclic) bond motifs is 2. The quantitative estimate of drug-likeness (QED) is 0.549. The van der Waals surface area contributed by atoms with Gasteiger partial charge in [0.1, 0.15) is 0 Å². The summed E-state index contributed by atoms with van der Waals surface area (Å²) in [6, 6.07) is 10.3. The summed E-state index contributed by atoms with van der Waals surface area (Å²) in [5.41, 5.74) is 5.36. The van der Waals surface area contributed by atoms with E-state index in [2.05, 4.69) is 53.1 Å². The van der Waals surface area contributed by atoms with Gasteiger partial charge in [0, 0.05) is 42.3 Å². The van der Waals surface area contributed by atoms with Crippen molar-refractivity contribution in [3.05, 3.63) is 75.5 Å². The molecular weight excluding hydrogens is 364 g/mol. The largest absolute Gasteiger partial charge is 0.461 e. The lowest BCUT2D eigenvalue weighted by Gasteiger charge is -2.27. The molecule has 0 spiro atoms. The molecule has 0 unspecified atom stereocenters. The van der Waals surface area contributed by atoms with Crippen LogP contribution in [-0.4, -0.2) is 26.4 Å². The number of nitrogens with one attached hydrogen (secondary N) is 2. The summed E-state index contributed by atoms with van der Waals surface area (Å²) in [4.78, 5) is 25.8. The first-order valence-electron chi connectivity index (χ1n) is 10.1. The van der Waals surface area contributed by atoms with Crippen LogP contribution in [-0.2, 0) is 19.5 Å². The predicted molar refractivity (Wildman–Crippen MR) is 113 cm³/mol. The van der Waals surface area contributed by atoms with Gasteiger partial charge < -0.3 is 14.4 Å². The normalized spacial score (nSPS) is 14.6. The lowest BCUT2D eigenvalue weighted by Crippen LogP contribution is -2.35. The average molecular weight is 388 g/mol. The zero-order chi connectivity index (χ0) is 20.0. The number of aromatic nitrogens is 3. The molecule has 1 aliphatic rings. The van der Waals surface area contributed by atoms with Gasteiger partial charge in [0.05, 0.1) is 12.0 Å². The fourth-order valence-electron chi connectivity index (χ4n) is 4.09. The lowest BCUT2D eigenvalue weighted by molar-refractivity contribution is 0.241. The monoisotopic (exact) mass is 388 g/mol. The van der Waals surface area contributed by atoms with E-state index >= 15 is 0 Å². The first kappa shape index (κ1) is 17.9. The van der Waals surface area contributed by atoms with Gasteiger partial charge in [-0.3, -0.25) is 9.69 Å². The highest BCUT2D eigenvalue weighted by Gasteiger charge is 2.22. The van der Waals surface area contributed by atoms with Gasteiger partial charge in [-0.1, -0.05) is 26.0 Å². The van der Waals surface area contributed by atoms with E-state index in [-0.39, 0.29) is 5.56 Å². The Morgan fingerprint density at radius 3 is 2.97 bits per heavy atom. The molecule has 4 aromatic rings. The van der Waals surface area contributed by atoms with Gasteiger partial charge in [-0.15, -0.1) is 0 Å². The first-order valence-corrected chi connectivity index (χ1v) is 10.1. The molecule has 0 fully saturated rings. The highest BCUT2D eigenvalue weighted by Crippen LogP contribution is 2.26. The van der Waals surface area contributed by atoms with Crippen molar-refractivity contribution in [1.82, 2.24) is 19.9 Å². The van der Waals surface area contributed by atoms with Gasteiger partial charge in [0.15, 0.2) is 11.6 Å². The summed E-state index contributed by atoms with van der Waals surface area (Å²) in [5.74, 6) is 1.59. The second-order valence-electron chi connectivity index (χ2n) is 8.05. The average Bonchev–Trinajstić information content (AvgIpc) is 3.38. The van der Waals surface area contributed by atoms with Crippen LogP contribution in [0.15, 0.2) is 52.0 Å². The van der Waals surface area contributed by atoms with E-state index in [1.165, 1.54) is 22.0 Å². The van der Waals surface area contributed by atoms with Crippen LogP contribution in [0.1, 0.15) is 42.1 Å². The topological polar surface area (TPSA) is 77.9 Å². The highest BCUT2D eigenvalue weighted by atomic mass is 16.3. The Hall–Kier alpha value is -3.12. The molecule has 0 radical (unpaired) electrons. The Morgan fingerprint density at radius 1 is 1.28 bits per heavy atom. The molecule has 4 heterocycles. The third-order valence-corrected chi connectivity index (χ3v) is 5.76. The highest BCUT2D eigenvalue weighted by molar-refractivity contribution is 5.83. The summed E-state index contributed by atoms with van der Waals surface area (Å²) in [7, 11) is 0. The van der Waals surface area contributed by atoms with Crippen molar-refractivity contribution < 1.29 is 4.42 Å². The van der Waals surface area contributed by atoms with E-state index in [1.807, 2.05) is 6.07 Å². The molecule has 0 amide bonds. The maximum atomic E-state index is 12.5. The molecule has 0 saturated heterocycles. The second kappa shape index (κ2) is 7.04. The van der Waals surface area contributed by atoms with Crippen molar-refractivity contribution in [2.75, 3.05) is 6.54 Å². The van der Waals surface area contributed by atoms with Crippen molar-refractivity contribution in [3.8, 4) is 11.6 Å². The molecule has 29 heavy (non-hydrogen) atoms. The van der Waals surface area contributed by atoms with E-state index in [0.717, 1.165) is 24.3 Å². The van der Waals surface area contributed by atoms with E-state index < -0.39 is 0 Å². The molecule has 5 rings (SSSR count).